The zero-order valence-electron chi connectivity index (χ0n) is 7.38. The summed E-state index contributed by atoms with van der Waals surface area (Å²) in [6.45, 7) is 0. The van der Waals surface area contributed by atoms with E-state index in [0.717, 1.165) is 19.3 Å². The van der Waals surface area contributed by atoms with Gasteiger partial charge in [-0.2, -0.15) is 0 Å². The minimum atomic E-state index is -1.30. The lowest BCUT2D eigenvalue weighted by atomic mass is 10.3. The summed E-state index contributed by atoms with van der Waals surface area (Å²) in [7, 11) is 2.50. The molecule has 76 valence electrons. The molecular formula is C9H8Cl3OP. The molecule has 0 fully saturated rings. The highest BCUT2D eigenvalue weighted by atomic mass is 35.6. The lowest BCUT2D eigenvalue weighted by Crippen LogP contribution is -2.02. The lowest BCUT2D eigenvalue weighted by molar-refractivity contribution is 0.415. The summed E-state index contributed by atoms with van der Waals surface area (Å²) in [4.78, 5) is 0. The van der Waals surface area contributed by atoms with E-state index in [1.807, 2.05) is 24.3 Å². The van der Waals surface area contributed by atoms with Crippen LogP contribution in [0.4, 0.5) is 0 Å². The van der Waals surface area contributed by atoms with Crippen molar-refractivity contribution < 1.29 is 4.74 Å². The maximum Gasteiger partial charge on any atom is 0.213 e. The zero-order chi connectivity index (χ0) is 10.6. The molecule has 0 spiro atoms. The van der Waals surface area contributed by atoms with Crippen LogP contribution in [0.3, 0.4) is 0 Å². The van der Waals surface area contributed by atoms with E-state index < -0.39 is 3.79 Å². The fraction of sp³-hybridized carbons (Fsp3) is 0.222. The Labute approximate surface area is 99.7 Å². The predicted octanol–water partition coefficient (Wildman–Crippen LogP) is 3.44. The highest BCUT2D eigenvalue weighted by molar-refractivity contribution is 7.48. The molecule has 0 aliphatic rings. The van der Waals surface area contributed by atoms with Gasteiger partial charge in [0.1, 0.15) is 5.75 Å². The van der Waals surface area contributed by atoms with Crippen molar-refractivity contribution in [3.63, 3.8) is 0 Å². The molecule has 0 aromatic heterocycles. The minimum absolute atomic E-state index is 0.817. The molecule has 14 heavy (non-hydrogen) atoms. The van der Waals surface area contributed by atoms with E-state index in [-0.39, 0.29) is 0 Å². The van der Waals surface area contributed by atoms with Gasteiger partial charge in [-0.1, -0.05) is 43.0 Å². The third kappa shape index (κ3) is 4.52. The Balaban J connectivity index is 2.74. The Bertz CT molecular complexity index is 316. The number of benzene rings is 1. The van der Waals surface area contributed by atoms with Crippen LogP contribution in [-0.2, 0) is 0 Å². The first-order chi connectivity index (χ1) is 6.51. The van der Waals surface area contributed by atoms with Gasteiger partial charge in [0.15, 0.2) is 0 Å². The first-order valence-corrected chi connectivity index (χ1v) is 5.87. The number of hydrogen-bond donors (Lipinski definition) is 0. The van der Waals surface area contributed by atoms with Gasteiger partial charge in [0.05, 0.1) is 7.11 Å². The lowest BCUT2D eigenvalue weighted by Gasteiger charge is -2.02. The predicted molar refractivity (Wildman–Crippen MR) is 65.9 cm³/mol. The van der Waals surface area contributed by atoms with E-state index in [1.165, 1.54) is 0 Å². The molecule has 1 rings (SSSR count). The zero-order valence-corrected chi connectivity index (χ0v) is 10.5. The smallest absolute Gasteiger partial charge is 0.213 e. The molecular weight excluding hydrogens is 261 g/mol. The van der Waals surface area contributed by atoms with Gasteiger partial charge in [-0.3, -0.25) is 0 Å². The molecule has 0 bridgehead atoms. The Morgan fingerprint density at radius 2 is 1.79 bits per heavy atom. The monoisotopic (exact) mass is 268 g/mol. The van der Waals surface area contributed by atoms with Crippen LogP contribution in [0.2, 0.25) is 0 Å². The second-order valence-corrected chi connectivity index (χ2v) is 5.90. The molecule has 1 nitrogen and oxygen atoms in total. The van der Waals surface area contributed by atoms with E-state index in [1.54, 1.807) is 12.9 Å². The standard InChI is InChI=1S/C9H8Cl3OP/c1-13-7-2-4-8(5-3-7)14-6-9(10,11)12/h2-6H,1H3. The van der Waals surface area contributed by atoms with Gasteiger partial charge >= 0.3 is 0 Å². The van der Waals surface area contributed by atoms with Gasteiger partial charge in [-0.25, -0.2) is 0 Å². The van der Waals surface area contributed by atoms with Crippen LogP contribution < -0.4 is 10.0 Å². The fourth-order valence-corrected chi connectivity index (χ4v) is 1.87. The van der Waals surface area contributed by atoms with Crippen molar-refractivity contribution in [2.45, 2.75) is 3.79 Å². The van der Waals surface area contributed by atoms with Crippen molar-refractivity contribution in [3.05, 3.63) is 24.3 Å². The van der Waals surface area contributed by atoms with Gasteiger partial charge in [-0.05, 0) is 30.1 Å². The first kappa shape index (κ1) is 12.1. The van der Waals surface area contributed by atoms with Crippen LogP contribution in [0.5, 0.6) is 5.75 Å². The summed E-state index contributed by atoms with van der Waals surface area (Å²) < 4.78 is 3.72. The number of alkyl halides is 3. The molecule has 1 aromatic carbocycles. The van der Waals surface area contributed by atoms with Crippen LogP contribution in [0.25, 0.3) is 0 Å². The Morgan fingerprint density at radius 3 is 2.21 bits per heavy atom. The summed E-state index contributed by atoms with van der Waals surface area (Å²) in [5.41, 5.74) is 0. The van der Waals surface area contributed by atoms with Crippen molar-refractivity contribution >= 4 is 54.1 Å². The molecule has 0 aliphatic heterocycles. The molecule has 5 heteroatoms. The number of halogens is 3. The number of methoxy groups -OCH3 is 1. The molecule has 0 heterocycles. The van der Waals surface area contributed by atoms with Crippen molar-refractivity contribution in [1.82, 2.24) is 0 Å². The molecule has 0 atom stereocenters. The van der Waals surface area contributed by atoms with Gasteiger partial charge in [-0.15, -0.1) is 0 Å². The van der Waals surface area contributed by atoms with Gasteiger partial charge in [0.25, 0.3) is 0 Å². The molecule has 0 N–H and O–H groups in total. The normalized spacial score (nSPS) is 12.0. The van der Waals surface area contributed by atoms with Gasteiger partial charge in [0, 0.05) is 5.30 Å². The fourth-order valence-electron chi connectivity index (χ4n) is 0.816. The average Bonchev–Trinajstić information content (AvgIpc) is 2.14. The van der Waals surface area contributed by atoms with Crippen LogP contribution in [0.15, 0.2) is 24.3 Å². The Hall–Kier alpha value is 0.0600. The quantitative estimate of drug-likeness (QED) is 0.590. The van der Waals surface area contributed by atoms with Crippen molar-refractivity contribution in [1.29, 1.82) is 0 Å². The van der Waals surface area contributed by atoms with Crippen molar-refractivity contribution in [2.24, 2.45) is 0 Å². The SMILES string of the molecule is COc1ccc(P=CC(Cl)(Cl)Cl)cc1. The minimum Gasteiger partial charge on any atom is -0.497 e. The Kier molecular flexibility index (Phi) is 4.53. The van der Waals surface area contributed by atoms with Crippen LogP contribution in [0.1, 0.15) is 0 Å². The van der Waals surface area contributed by atoms with Crippen LogP contribution in [0, 0.1) is 0 Å². The van der Waals surface area contributed by atoms with Crippen molar-refractivity contribution in [2.75, 3.05) is 7.11 Å². The summed E-state index contributed by atoms with van der Waals surface area (Å²) in [6.07, 6.45) is 0. The average molecular weight is 269 g/mol. The highest BCUT2D eigenvalue weighted by Crippen LogP contribution is 2.25. The van der Waals surface area contributed by atoms with Crippen LogP contribution in [-0.4, -0.2) is 16.7 Å². The maximum atomic E-state index is 5.59. The number of hydrogen-bond acceptors (Lipinski definition) is 1. The first-order valence-electron chi connectivity index (χ1n) is 3.77. The number of ether oxygens (including phenoxy) is 1. The summed E-state index contributed by atoms with van der Waals surface area (Å²) in [5, 5.41) is 1.05. The van der Waals surface area contributed by atoms with Gasteiger partial charge < -0.3 is 4.74 Å². The van der Waals surface area contributed by atoms with Crippen molar-refractivity contribution in [3.8, 4) is 5.75 Å². The molecule has 1 aromatic rings. The number of rotatable bonds is 2. The molecule has 0 amide bonds. The third-order valence-electron chi connectivity index (χ3n) is 1.43. The molecule has 0 unspecified atom stereocenters. The van der Waals surface area contributed by atoms with E-state index in [2.05, 4.69) is 0 Å². The van der Waals surface area contributed by atoms with Gasteiger partial charge in [0.2, 0.25) is 3.79 Å². The van der Waals surface area contributed by atoms with E-state index in [9.17, 15) is 0 Å². The summed E-state index contributed by atoms with van der Waals surface area (Å²) in [6, 6.07) is 7.59. The van der Waals surface area contributed by atoms with E-state index in [0.29, 0.717) is 0 Å². The molecule has 0 saturated heterocycles. The molecule has 0 radical (unpaired) electrons. The largest absolute Gasteiger partial charge is 0.497 e. The second-order valence-electron chi connectivity index (χ2n) is 2.50. The van der Waals surface area contributed by atoms with Crippen LogP contribution >= 0.6 is 43.0 Å². The second kappa shape index (κ2) is 5.23. The molecule has 0 aliphatic carbocycles. The highest BCUT2D eigenvalue weighted by Gasteiger charge is 2.13. The maximum absolute atomic E-state index is 5.59. The third-order valence-corrected chi connectivity index (χ3v) is 3.33. The van der Waals surface area contributed by atoms with E-state index >= 15 is 0 Å². The molecule has 0 saturated carbocycles. The topological polar surface area (TPSA) is 9.23 Å². The summed E-state index contributed by atoms with van der Waals surface area (Å²) in [5.74, 6) is 2.41. The summed E-state index contributed by atoms with van der Waals surface area (Å²) >= 11 is 16.8. The van der Waals surface area contributed by atoms with E-state index in [4.69, 9.17) is 39.5 Å². The Morgan fingerprint density at radius 1 is 1.21 bits per heavy atom.